The zero-order valence-corrected chi connectivity index (χ0v) is 16.4. The molecule has 0 N–H and O–H groups in total. The van der Waals surface area contributed by atoms with Crippen molar-refractivity contribution < 1.29 is 14.0 Å². The molecule has 2 aromatic rings. The fraction of sp³-hybridized carbons (Fsp3) is 0.368. The molecule has 4 nitrogen and oxygen atoms in total. The smallest absolute Gasteiger partial charge is 0.264 e. The van der Waals surface area contributed by atoms with Gasteiger partial charge in [-0.25, -0.2) is 4.39 Å². The van der Waals surface area contributed by atoms with Gasteiger partial charge in [-0.2, -0.15) is 0 Å². The molecule has 1 atom stereocenters. The van der Waals surface area contributed by atoms with Gasteiger partial charge in [-0.3, -0.25) is 9.59 Å². The normalized spacial score (nSPS) is 17.2. The Bertz CT molecular complexity index is 780. The molecule has 1 saturated heterocycles. The van der Waals surface area contributed by atoms with Gasteiger partial charge in [0.25, 0.3) is 5.91 Å². The van der Waals surface area contributed by atoms with Crippen molar-refractivity contribution >= 4 is 34.9 Å². The molecule has 0 spiro atoms. The predicted molar refractivity (Wildman–Crippen MR) is 104 cm³/mol. The molecule has 1 fully saturated rings. The van der Waals surface area contributed by atoms with E-state index in [0.717, 1.165) is 5.56 Å². The Labute approximate surface area is 161 Å². The highest BCUT2D eigenvalue weighted by Crippen LogP contribution is 2.38. The first-order valence-electron chi connectivity index (χ1n) is 8.48. The minimum atomic E-state index is -0.306. The van der Waals surface area contributed by atoms with Crippen molar-refractivity contribution in [1.82, 2.24) is 9.80 Å². The van der Waals surface area contributed by atoms with E-state index in [-0.39, 0.29) is 29.0 Å². The molecule has 2 heterocycles. The van der Waals surface area contributed by atoms with Crippen LogP contribution in [0.3, 0.4) is 0 Å². The highest BCUT2D eigenvalue weighted by molar-refractivity contribution is 8.00. The number of halogens is 1. The van der Waals surface area contributed by atoms with Crippen LogP contribution >= 0.6 is 23.1 Å². The topological polar surface area (TPSA) is 40.6 Å². The summed E-state index contributed by atoms with van der Waals surface area (Å²) in [5, 5.41) is 1.68. The number of nitrogens with zero attached hydrogens (tertiary/aromatic N) is 2. The lowest BCUT2D eigenvalue weighted by atomic mass is 10.2. The van der Waals surface area contributed by atoms with Crippen molar-refractivity contribution in [2.75, 3.05) is 18.8 Å². The molecular formula is C19H21FN2O2S2. The van der Waals surface area contributed by atoms with E-state index in [1.54, 1.807) is 15.9 Å². The monoisotopic (exact) mass is 392 g/mol. The van der Waals surface area contributed by atoms with Crippen LogP contribution in [-0.4, -0.2) is 46.5 Å². The predicted octanol–water partition coefficient (Wildman–Crippen LogP) is 4.01. The summed E-state index contributed by atoms with van der Waals surface area (Å²) < 4.78 is 13.6. The Morgan fingerprint density at radius 3 is 2.81 bits per heavy atom. The number of benzene rings is 1. The van der Waals surface area contributed by atoms with Crippen LogP contribution in [-0.2, 0) is 4.79 Å². The maximum Gasteiger partial charge on any atom is 0.264 e. The SMILES string of the molecule is CC(C)N(CCN1C(=O)CS[C@@H]1c1cccc(F)c1)C(=O)c1cccs1. The molecule has 1 aromatic heterocycles. The van der Waals surface area contributed by atoms with E-state index in [1.807, 2.05) is 37.4 Å². The van der Waals surface area contributed by atoms with E-state index in [4.69, 9.17) is 0 Å². The summed E-state index contributed by atoms with van der Waals surface area (Å²) in [6.07, 6.45) is 0. The van der Waals surface area contributed by atoms with Gasteiger partial charge in [0.2, 0.25) is 5.91 Å². The molecule has 26 heavy (non-hydrogen) atoms. The molecule has 7 heteroatoms. The molecule has 3 rings (SSSR count). The average Bonchev–Trinajstić information content (AvgIpc) is 3.25. The van der Waals surface area contributed by atoms with Gasteiger partial charge in [-0.05, 0) is 43.0 Å². The van der Waals surface area contributed by atoms with Gasteiger partial charge in [0.15, 0.2) is 0 Å². The van der Waals surface area contributed by atoms with Crippen molar-refractivity contribution in [3.8, 4) is 0 Å². The molecule has 0 radical (unpaired) electrons. The lowest BCUT2D eigenvalue weighted by Crippen LogP contribution is -2.43. The molecule has 0 saturated carbocycles. The van der Waals surface area contributed by atoms with Crippen LogP contribution in [0.25, 0.3) is 0 Å². The molecule has 0 unspecified atom stereocenters. The summed E-state index contributed by atoms with van der Waals surface area (Å²) in [6, 6.07) is 10.1. The van der Waals surface area contributed by atoms with Crippen LogP contribution in [0.5, 0.6) is 0 Å². The van der Waals surface area contributed by atoms with E-state index < -0.39 is 0 Å². The summed E-state index contributed by atoms with van der Waals surface area (Å²) in [6.45, 7) is 4.82. The Hall–Kier alpha value is -1.86. The second kappa shape index (κ2) is 8.22. The summed E-state index contributed by atoms with van der Waals surface area (Å²) in [5.41, 5.74) is 0.779. The van der Waals surface area contributed by atoms with Crippen LogP contribution in [0.4, 0.5) is 4.39 Å². The van der Waals surface area contributed by atoms with Crippen LogP contribution in [0.15, 0.2) is 41.8 Å². The minimum Gasteiger partial charge on any atom is -0.334 e. The zero-order valence-electron chi connectivity index (χ0n) is 14.7. The number of carbonyl (C=O) groups is 2. The van der Waals surface area contributed by atoms with Crippen molar-refractivity contribution in [3.63, 3.8) is 0 Å². The molecule has 138 valence electrons. The van der Waals surface area contributed by atoms with E-state index in [9.17, 15) is 14.0 Å². The lowest BCUT2D eigenvalue weighted by Gasteiger charge is -2.31. The quantitative estimate of drug-likeness (QED) is 0.746. The van der Waals surface area contributed by atoms with Gasteiger partial charge in [0, 0.05) is 19.1 Å². The van der Waals surface area contributed by atoms with E-state index in [1.165, 1.54) is 35.2 Å². The third kappa shape index (κ3) is 4.10. The summed E-state index contributed by atoms with van der Waals surface area (Å²) >= 11 is 2.91. The minimum absolute atomic E-state index is 0.0170. The highest BCUT2D eigenvalue weighted by atomic mass is 32.2. The molecule has 1 aliphatic heterocycles. The van der Waals surface area contributed by atoms with Gasteiger partial charge < -0.3 is 9.80 Å². The zero-order chi connectivity index (χ0) is 18.7. The summed E-state index contributed by atoms with van der Waals surface area (Å²) in [5.74, 6) is 0.0778. The van der Waals surface area contributed by atoms with Gasteiger partial charge in [-0.1, -0.05) is 18.2 Å². The fourth-order valence-electron chi connectivity index (χ4n) is 2.98. The third-order valence-electron chi connectivity index (χ3n) is 4.30. The standard InChI is InChI=1S/C19H21FN2O2S2/c1-13(2)21(18(24)16-7-4-10-25-16)8-9-22-17(23)12-26-19(22)14-5-3-6-15(20)11-14/h3-7,10-11,13,19H,8-9,12H2,1-2H3/t19-/m1/s1. The molecule has 1 aromatic carbocycles. The maximum atomic E-state index is 13.6. The Kier molecular flexibility index (Phi) is 5.98. The summed E-state index contributed by atoms with van der Waals surface area (Å²) in [7, 11) is 0. The number of hydrogen-bond acceptors (Lipinski definition) is 4. The van der Waals surface area contributed by atoms with E-state index in [2.05, 4.69) is 0 Å². The van der Waals surface area contributed by atoms with E-state index in [0.29, 0.717) is 23.7 Å². The lowest BCUT2D eigenvalue weighted by molar-refractivity contribution is -0.128. The van der Waals surface area contributed by atoms with Crippen molar-refractivity contribution in [1.29, 1.82) is 0 Å². The number of rotatable bonds is 6. The number of amides is 2. The van der Waals surface area contributed by atoms with Crippen LogP contribution < -0.4 is 0 Å². The molecule has 2 amide bonds. The number of thioether (sulfide) groups is 1. The highest BCUT2D eigenvalue weighted by Gasteiger charge is 2.33. The second-order valence-corrected chi connectivity index (χ2v) is 8.39. The van der Waals surface area contributed by atoms with Crippen LogP contribution in [0.1, 0.15) is 34.5 Å². The largest absolute Gasteiger partial charge is 0.334 e. The molecular weight excluding hydrogens is 371 g/mol. The molecule has 0 aliphatic carbocycles. The first kappa shape index (κ1) is 18.9. The van der Waals surface area contributed by atoms with E-state index >= 15 is 0 Å². The number of thiophene rings is 1. The third-order valence-corrected chi connectivity index (χ3v) is 6.41. The molecule has 0 bridgehead atoms. The Morgan fingerprint density at radius 1 is 1.35 bits per heavy atom. The van der Waals surface area contributed by atoms with Gasteiger partial charge in [-0.15, -0.1) is 23.1 Å². The van der Waals surface area contributed by atoms with Crippen LogP contribution in [0, 0.1) is 5.82 Å². The first-order chi connectivity index (χ1) is 12.5. The van der Waals surface area contributed by atoms with Crippen molar-refractivity contribution in [3.05, 3.63) is 58.0 Å². The van der Waals surface area contributed by atoms with Gasteiger partial charge >= 0.3 is 0 Å². The molecule has 1 aliphatic rings. The average molecular weight is 393 g/mol. The van der Waals surface area contributed by atoms with Crippen LogP contribution in [0.2, 0.25) is 0 Å². The van der Waals surface area contributed by atoms with Gasteiger partial charge in [0.05, 0.1) is 10.6 Å². The maximum absolute atomic E-state index is 13.6. The Balaban J connectivity index is 1.73. The van der Waals surface area contributed by atoms with Crippen molar-refractivity contribution in [2.45, 2.75) is 25.3 Å². The van der Waals surface area contributed by atoms with Crippen molar-refractivity contribution in [2.24, 2.45) is 0 Å². The first-order valence-corrected chi connectivity index (χ1v) is 10.4. The fourth-order valence-corrected chi connectivity index (χ4v) is 4.87. The summed E-state index contributed by atoms with van der Waals surface area (Å²) in [4.78, 5) is 29.3. The van der Waals surface area contributed by atoms with Gasteiger partial charge in [0.1, 0.15) is 11.2 Å². The number of carbonyl (C=O) groups excluding carboxylic acids is 2. The Morgan fingerprint density at radius 2 is 2.15 bits per heavy atom. The second-order valence-electron chi connectivity index (χ2n) is 6.38. The number of hydrogen-bond donors (Lipinski definition) is 0.